The minimum Gasteiger partial charge on any atom is -0.493 e. The Morgan fingerprint density at radius 2 is 0.935 bits per heavy atom. The molecular formula is C67H115ClFN3O5. The molecule has 0 N–H and O–H groups in total. The zero-order valence-electron chi connectivity index (χ0n) is 48.2. The average molecular weight is 1100 g/mol. The smallest absolute Gasteiger partial charge is 0.213 e. The zero-order chi connectivity index (χ0) is 54.6. The van der Waals surface area contributed by atoms with Gasteiger partial charge in [0, 0.05) is 42.5 Å². The number of nitrogens with zero attached hydrogens (tertiary/aromatic N) is 3. The molecule has 0 saturated carbocycles. The normalized spacial score (nSPS) is 10.4. The second kappa shape index (κ2) is 43.0. The number of benzene rings is 2. The van der Waals surface area contributed by atoms with Gasteiger partial charge in [0.25, 0.3) is 0 Å². The van der Waals surface area contributed by atoms with Gasteiger partial charge in [0.2, 0.25) is 11.8 Å². The first-order valence-corrected chi connectivity index (χ1v) is 26.7. The van der Waals surface area contributed by atoms with E-state index in [1.165, 1.54) is 22.8 Å². The summed E-state index contributed by atoms with van der Waals surface area (Å²) in [6.45, 7) is 46.0. The Balaban J connectivity index is -0.000000276. The van der Waals surface area contributed by atoms with Crippen LogP contribution in [0.5, 0.6) is 29.0 Å². The van der Waals surface area contributed by atoms with Crippen LogP contribution in [0, 0.1) is 29.0 Å². The van der Waals surface area contributed by atoms with Crippen LogP contribution in [0.15, 0.2) is 91.4 Å². The average Bonchev–Trinajstić information content (AvgIpc) is 3.32. The number of rotatable bonds is 19. The van der Waals surface area contributed by atoms with Crippen molar-refractivity contribution < 1.29 is 28.1 Å². The van der Waals surface area contributed by atoms with E-state index < -0.39 is 0 Å². The van der Waals surface area contributed by atoms with Crippen LogP contribution >= 0.6 is 11.6 Å². The van der Waals surface area contributed by atoms with Crippen molar-refractivity contribution in [1.82, 2.24) is 15.0 Å². The first-order valence-electron chi connectivity index (χ1n) is 26.3. The summed E-state index contributed by atoms with van der Waals surface area (Å²) in [7, 11) is 0. The molecule has 8 nitrogen and oxygen atoms in total. The Kier molecular flexibility index (Phi) is 45.3. The molecule has 442 valence electrons. The standard InChI is InChI=1S/C13H19FO.C13H21NO.C12H17ClO.2C12H19NO.5CH4/c1-9(2)8-15-11-5-6-13(14)12(7-11)10(3)4;1-10(2)11-6-7-12(14-8-11)15-9-13(3,4)5;1-4-7-14-12-8-10(9(2)3)5-6-11(12)13;1-9(2)8-14-11-5-6-13-12(7-11)10(3)4;1-9(2)8-14-12-6-5-11(7-13-12)10(3)4;;;;;/h5-7,9-10H,8H2,1-4H3;6-8,10H,9H2,1-5H3;5-6,8-9H,4,7H2,1-3H3;2*5-7,9-10H,8H2,1-4H3;5*1H4. The molecule has 0 fully saturated rings. The van der Waals surface area contributed by atoms with Crippen LogP contribution in [0.1, 0.15) is 240 Å². The first-order chi connectivity index (χ1) is 33.7. The second-order valence-electron chi connectivity index (χ2n) is 22.2. The maximum Gasteiger partial charge on any atom is 0.213 e. The van der Waals surface area contributed by atoms with E-state index >= 15 is 0 Å². The Hall–Kier alpha value is -4.89. The van der Waals surface area contributed by atoms with Crippen molar-refractivity contribution in [2.75, 3.05) is 33.0 Å². The number of pyridine rings is 3. The fourth-order valence-electron chi connectivity index (χ4n) is 5.79. The van der Waals surface area contributed by atoms with E-state index in [1.807, 2.05) is 74.9 Å². The molecule has 3 aromatic heterocycles. The third-order valence-corrected chi connectivity index (χ3v) is 10.6. The van der Waals surface area contributed by atoms with Gasteiger partial charge in [0.15, 0.2) is 0 Å². The summed E-state index contributed by atoms with van der Waals surface area (Å²) in [6, 6.07) is 22.9. The highest BCUT2D eigenvalue weighted by molar-refractivity contribution is 6.32. The fourth-order valence-corrected chi connectivity index (χ4v) is 5.97. The third-order valence-electron chi connectivity index (χ3n) is 10.3. The van der Waals surface area contributed by atoms with Crippen molar-refractivity contribution in [2.45, 2.75) is 212 Å². The molecule has 5 rings (SSSR count). The predicted molar refractivity (Wildman–Crippen MR) is 336 cm³/mol. The Labute approximate surface area is 479 Å². The van der Waals surface area contributed by atoms with Gasteiger partial charge in [-0.3, -0.25) is 4.98 Å². The summed E-state index contributed by atoms with van der Waals surface area (Å²) < 4.78 is 41.2. The molecule has 0 bridgehead atoms. The van der Waals surface area contributed by atoms with Gasteiger partial charge in [-0.25, -0.2) is 14.4 Å². The lowest BCUT2D eigenvalue weighted by atomic mass is 9.99. The van der Waals surface area contributed by atoms with Crippen LogP contribution < -0.4 is 23.7 Å². The quantitative estimate of drug-likeness (QED) is 0.0809. The van der Waals surface area contributed by atoms with Crippen LogP contribution in [0.4, 0.5) is 4.39 Å². The molecule has 0 atom stereocenters. The Morgan fingerprint density at radius 1 is 0.481 bits per heavy atom. The molecular weight excluding hydrogens is 981 g/mol. The highest BCUT2D eigenvalue weighted by Gasteiger charge is 2.12. The van der Waals surface area contributed by atoms with Crippen LogP contribution in [-0.2, 0) is 0 Å². The lowest BCUT2D eigenvalue weighted by Gasteiger charge is -2.18. The van der Waals surface area contributed by atoms with Gasteiger partial charge in [-0.15, -0.1) is 0 Å². The zero-order valence-corrected chi connectivity index (χ0v) is 48.9. The minimum atomic E-state index is -0.151. The van der Waals surface area contributed by atoms with E-state index in [0.29, 0.717) is 65.5 Å². The fraction of sp³-hybridized carbons (Fsp3) is 0.597. The van der Waals surface area contributed by atoms with Gasteiger partial charge in [0.05, 0.1) is 38.1 Å². The van der Waals surface area contributed by atoms with Crippen molar-refractivity contribution in [2.24, 2.45) is 23.2 Å². The maximum absolute atomic E-state index is 13.4. The molecule has 0 spiro atoms. The molecule has 0 amide bonds. The molecule has 3 heterocycles. The summed E-state index contributed by atoms with van der Waals surface area (Å²) in [5.41, 5.74) is 5.75. The molecule has 0 aliphatic heterocycles. The van der Waals surface area contributed by atoms with Gasteiger partial charge in [0.1, 0.15) is 23.1 Å². The Bertz CT molecular complexity index is 2180. The van der Waals surface area contributed by atoms with Gasteiger partial charge in [-0.1, -0.05) is 205 Å². The molecule has 0 radical (unpaired) electrons. The van der Waals surface area contributed by atoms with Gasteiger partial charge in [-0.2, -0.15) is 0 Å². The molecule has 10 heteroatoms. The molecule has 5 aromatic rings. The van der Waals surface area contributed by atoms with E-state index in [9.17, 15) is 4.39 Å². The van der Waals surface area contributed by atoms with E-state index in [4.69, 9.17) is 35.3 Å². The third kappa shape index (κ3) is 36.8. The SMILES string of the molecule is C.C.C.C.C.CC(C)COc1ccc(C(C)C)cn1.CC(C)COc1ccc(F)c(C(C)C)c1.CC(C)COc1ccnc(C(C)C)c1.CC(C)c1ccc(OCC(C)(C)C)nc1.CCCOc1cc(C(C)C)ccc1Cl. The lowest BCUT2D eigenvalue weighted by molar-refractivity contribution is 0.191. The van der Waals surface area contributed by atoms with Crippen molar-refractivity contribution in [1.29, 1.82) is 0 Å². The van der Waals surface area contributed by atoms with Crippen molar-refractivity contribution in [3.05, 3.63) is 130 Å². The van der Waals surface area contributed by atoms with E-state index in [0.717, 1.165) is 60.6 Å². The van der Waals surface area contributed by atoms with Gasteiger partial charge in [-0.05, 0) is 118 Å². The number of aromatic nitrogens is 3. The van der Waals surface area contributed by atoms with Crippen molar-refractivity contribution >= 4 is 11.6 Å². The molecule has 77 heavy (non-hydrogen) atoms. The molecule has 0 unspecified atom stereocenters. The number of hydrogen-bond acceptors (Lipinski definition) is 8. The number of ether oxygens (including phenoxy) is 5. The molecule has 0 saturated heterocycles. The van der Waals surface area contributed by atoms with E-state index in [2.05, 4.69) is 152 Å². The summed E-state index contributed by atoms with van der Waals surface area (Å²) in [5.74, 6) is 7.58. The van der Waals surface area contributed by atoms with Gasteiger partial charge < -0.3 is 23.7 Å². The first kappa shape index (κ1) is 81.0. The summed E-state index contributed by atoms with van der Waals surface area (Å²) in [6.07, 6.45) is 6.59. The minimum absolute atomic E-state index is 0. The molecule has 0 aliphatic rings. The van der Waals surface area contributed by atoms with Crippen LogP contribution in [0.3, 0.4) is 0 Å². The van der Waals surface area contributed by atoms with Crippen molar-refractivity contribution in [3.63, 3.8) is 0 Å². The highest BCUT2D eigenvalue weighted by atomic mass is 35.5. The molecule has 0 aliphatic carbocycles. The second-order valence-corrected chi connectivity index (χ2v) is 22.6. The highest BCUT2D eigenvalue weighted by Crippen LogP contribution is 2.29. The van der Waals surface area contributed by atoms with E-state index in [1.54, 1.807) is 12.1 Å². The predicted octanol–water partition coefficient (Wildman–Crippen LogP) is 21.5. The van der Waals surface area contributed by atoms with Crippen molar-refractivity contribution in [3.8, 4) is 29.0 Å². The lowest BCUT2D eigenvalue weighted by Crippen LogP contribution is -2.17. The Morgan fingerprint density at radius 3 is 1.34 bits per heavy atom. The number of halogens is 2. The summed E-state index contributed by atoms with van der Waals surface area (Å²) >= 11 is 6.01. The van der Waals surface area contributed by atoms with Gasteiger partial charge >= 0.3 is 0 Å². The maximum atomic E-state index is 13.4. The van der Waals surface area contributed by atoms with E-state index in [-0.39, 0.29) is 54.3 Å². The molecule has 2 aromatic carbocycles. The largest absolute Gasteiger partial charge is 0.493 e. The summed E-state index contributed by atoms with van der Waals surface area (Å²) in [4.78, 5) is 12.8. The summed E-state index contributed by atoms with van der Waals surface area (Å²) in [5, 5.41) is 0.697. The monoisotopic (exact) mass is 1100 g/mol. The van der Waals surface area contributed by atoms with Crippen LogP contribution in [0.25, 0.3) is 0 Å². The van der Waals surface area contributed by atoms with Crippen LogP contribution in [-0.4, -0.2) is 48.0 Å². The number of hydrogen-bond donors (Lipinski definition) is 0. The van der Waals surface area contributed by atoms with Crippen LogP contribution in [0.2, 0.25) is 5.02 Å². The topological polar surface area (TPSA) is 84.8 Å².